The van der Waals surface area contributed by atoms with Crippen LogP contribution in [0, 0.1) is 0 Å². The monoisotopic (exact) mass is 311 g/mol. The second kappa shape index (κ2) is 4.71. The number of anilines is 1. The van der Waals surface area contributed by atoms with Gasteiger partial charge in [-0.3, -0.25) is 4.79 Å². The highest BCUT2D eigenvalue weighted by Gasteiger charge is 2.35. The summed E-state index contributed by atoms with van der Waals surface area (Å²) >= 11 is 18.3. The van der Waals surface area contributed by atoms with Gasteiger partial charge >= 0.3 is 0 Å². The summed E-state index contributed by atoms with van der Waals surface area (Å²) < 4.78 is 0. The third-order valence-electron chi connectivity index (χ3n) is 3.14. The van der Waals surface area contributed by atoms with Gasteiger partial charge in [0, 0.05) is 11.3 Å². The lowest BCUT2D eigenvalue weighted by atomic mass is 9.92. The molecular weight excluding hydrogens is 305 g/mol. The second-order valence-corrected chi connectivity index (χ2v) is 5.44. The number of halogens is 3. The smallest absolute Gasteiger partial charge is 0.236 e. The van der Waals surface area contributed by atoms with Gasteiger partial charge in [-0.2, -0.15) is 0 Å². The molecule has 0 spiro atoms. The highest BCUT2D eigenvalue weighted by atomic mass is 35.5. The Kier molecular flexibility index (Phi) is 3.17. The van der Waals surface area contributed by atoms with Crippen molar-refractivity contribution in [1.29, 1.82) is 0 Å². The van der Waals surface area contributed by atoms with E-state index in [9.17, 15) is 4.79 Å². The van der Waals surface area contributed by atoms with Crippen molar-refractivity contribution in [1.82, 2.24) is 0 Å². The van der Waals surface area contributed by atoms with Gasteiger partial charge in [-0.1, -0.05) is 65.1 Å². The number of carbonyl (C=O) groups is 1. The average molecular weight is 313 g/mol. The Morgan fingerprint density at radius 2 is 1.68 bits per heavy atom. The van der Waals surface area contributed by atoms with Crippen molar-refractivity contribution in [3.8, 4) is 0 Å². The number of amides is 1. The highest BCUT2D eigenvalue weighted by Crippen LogP contribution is 2.46. The quantitative estimate of drug-likeness (QED) is 0.758. The molecule has 1 aliphatic heterocycles. The second-order valence-electron chi connectivity index (χ2n) is 4.28. The third-order valence-corrected chi connectivity index (χ3v) is 4.42. The van der Waals surface area contributed by atoms with Gasteiger partial charge in [-0.15, -0.1) is 0 Å². The van der Waals surface area contributed by atoms with E-state index in [-0.39, 0.29) is 10.9 Å². The average Bonchev–Trinajstić information content (AvgIpc) is 2.73. The molecule has 96 valence electrons. The Morgan fingerprint density at radius 1 is 1.00 bits per heavy atom. The molecule has 1 unspecified atom stereocenters. The van der Waals surface area contributed by atoms with Crippen LogP contribution in [0.5, 0.6) is 0 Å². The van der Waals surface area contributed by atoms with E-state index < -0.39 is 5.92 Å². The third kappa shape index (κ3) is 2.00. The minimum absolute atomic E-state index is 0.124. The van der Waals surface area contributed by atoms with Crippen molar-refractivity contribution in [2.45, 2.75) is 5.92 Å². The molecule has 0 saturated carbocycles. The Labute approximate surface area is 125 Å². The van der Waals surface area contributed by atoms with Crippen molar-refractivity contribution in [3.05, 3.63) is 62.6 Å². The summed E-state index contributed by atoms with van der Waals surface area (Å²) in [5.74, 6) is -0.570. The Bertz CT molecular complexity index is 670. The Balaban J connectivity index is 2.22. The zero-order valence-electron chi connectivity index (χ0n) is 9.58. The van der Waals surface area contributed by atoms with Crippen molar-refractivity contribution in [2.24, 2.45) is 0 Å². The number of benzene rings is 2. The first-order valence-corrected chi connectivity index (χ1v) is 6.76. The van der Waals surface area contributed by atoms with E-state index in [4.69, 9.17) is 34.8 Å². The fraction of sp³-hybridized carbons (Fsp3) is 0.0714. The van der Waals surface area contributed by atoms with Crippen LogP contribution in [0.1, 0.15) is 17.0 Å². The maximum Gasteiger partial charge on any atom is 0.236 e. The molecule has 0 saturated heterocycles. The Hall–Kier alpha value is -1.22. The molecule has 2 nitrogen and oxygen atoms in total. The minimum Gasteiger partial charge on any atom is -0.325 e. The lowest BCUT2D eigenvalue weighted by Gasteiger charge is -2.12. The van der Waals surface area contributed by atoms with Gasteiger partial charge in [0.2, 0.25) is 5.91 Å². The van der Waals surface area contributed by atoms with Crippen molar-refractivity contribution >= 4 is 46.4 Å². The number of fused-ring (bicyclic) bond motifs is 1. The summed E-state index contributed by atoms with van der Waals surface area (Å²) in [6.07, 6.45) is 0. The highest BCUT2D eigenvalue weighted by molar-refractivity contribution is 6.49. The lowest BCUT2D eigenvalue weighted by molar-refractivity contribution is -0.116. The molecule has 0 fully saturated rings. The predicted molar refractivity (Wildman–Crippen MR) is 78.4 cm³/mol. The van der Waals surface area contributed by atoms with Crippen LogP contribution in [0.25, 0.3) is 0 Å². The Morgan fingerprint density at radius 3 is 2.37 bits per heavy atom. The topological polar surface area (TPSA) is 29.1 Å². The maximum atomic E-state index is 12.2. The summed E-state index contributed by atoms with van der Waals surface area (Å²) in [5.41, 5.74) is 2.18. The van der Waals surface area contributed by atoms with Crippen LogP contribution in [0.3, 0.4) is 0 Å². The van der Waals surface area contributed by atoms with Crippen LogP contribution in [0.15, 0.2) is 36.4 Å². The molecule has 1 aliphatic rings. The first-order valence-electron chi connectivity index (χ1n) is 5.63. The van der Waals surface area contributed by atoms with Crippen LogP contribution < -0.4 is 5.32 Å². The molecule has 0 radical (unpaired) electrons. The van der Waals surface area contributed by atoms with Crippen LogP contribution in [0.2, 0.25) is 15.1 Å². The molecule has 0 aromatic heterocycles. The van der Waals surface area contributed by atoms with E-state index >= 15 is 0 Å². The zero-order chi connectivity index (χ0) is 13.6. The van der Waals surface area contributed by atoms with Gasteiger partial charge in [-0.05, 0) is 11.6 Å². The largest absolute Gasteiger partial charge is 0.325 e. The molecule has 0 bridgehead atoms. The van der Waals surface area contributed by atoms with Crippen LogP contribution >= 0.6 is 34.8 Å². The molecule has 19 heavy (non-hydrogen) atoms. The summed E-state index contributed by atoms with van der Waals surface area (Å²) in [5, 5.41) is 3.73. The molecule has 1 N–H and O–H groups in total. The molecule has 0 aliphatic carbocycles. The van der Waals surface area contributed by atoms with Crippen LogP contribution in [-0.2, 0) is 4.79 Å². The van der Waals surface area contributed by atoms with E-state index in [0.717, 1.165) is 5.56 Å². The standard InChI is InChI=1S/C14H8Cl3NO/c15-8-6-9-11(13(17)12(8)16)10(14(19)18-9)7-4-2-1-3-5-7/h1-6,10H,(H,18,19). The normalized spacial score (nSPS) is 17.2. The number of rotatable bonds is 1. The van der Waals surface area contributed by atoms with Gasteiger partial charge in [0.05, 0.1) is 21.0 Å². The fourth-order valence-electron chi connectivity index (χ4n) is 2.29. The van der Waals surface area contributed by atoms with Gasteiger partial charge < -0.3 is 5.32 Å². The summed E-state index contributed by atoms with van der Waals surface area (Å²) in [7, 11) is 0. The van der Waals surface area contributed by atoms with Crippen molar-refractivity contribution in [2.75, 3.05) is 5.32 Å². The molecule has 1 atom stereocenters. The number of carbonyl (C=O) groups excluding carboxylic acids is 1. The molecule has 5 heteroatoms. The number of hydrogen-bond acceptors (Lipinski definition) is 1. The summed E-state index contributed by atoms with van der Waals surface area (Å²) in [6.45, 7) is 0. The van der Waals surface area contributed by atoms with E-state index in [0.29, 0.717) is 21.3 Å². The van der Waals surface area contributed by atoms with Gasteiger partial charge in [0.1, 0.15) is 0 Å². The molecule has 1 heterocycles. The summed E-state index contributed by atoms with van der Waals surface area (Å²) in [6, 6.07) is 11.1. The molecular formula is C14H8Cl3NO. The minimum atomic E-state index is -0.446. The van der Waals surface area contributed by atoms with Crippen molar-refractivity contribution < 1.29 is 4.79 Å². The van der Waals surface area contributed by atoms with E-state index in [1.807, 2.05) is 30.3 Å². The molecule has 3 rings (SSSR count). The molecule has 2 aromatic carbocycles. The van der Waals surface area contributed by atoms with Gasteiger partial charge in [0.15, 0.2) is 0 Å². The van der Waals surface area contributed by atoms with Gasteiger partial charge in [0.25, 0.3) is 0 Å². The van der Waals surface area contributed by atoms with Crippen LogP contribution in [0.4, 0.5) is 5.69 Å². The number of hydrogen-bond donors (Lipinski definition) is 1. The lowest BCUT2D eigenvalue weighted by Crippen LogP contribution is -2.13. The SMILES string of the molecule is O=C1Nc2cc(Cl)c(Cl)c(Cl)c2C1c1ccccc1. The van der Waals surface area contributed by atoms with Crippen molar-refractivity contribution in [3.63, 3.8) is 0 Å². The predicted octanol–water partition coefficient (Wildman–Crippen LogP) is 4.73. The van der Waals surface area contributed by atoms with Gasteiger partial charge in [-0.25, -0.2) is 0 Å². The van der Waals surface area contributed by atoms with Crippen LogP contribution in [-0.4, -0.2) is 5.91 Å². The molecule has 1 amide bonds. The van der Waals surface area contributed by atoms with E-state index in [1.165, 1.54) is 0 Å². The number of nitrogens with one attached hydrogen (secondary N) is 1. The van der Waals surface area contributed by atoms with E-state index in [1.54, 1.807) is 6.07 Å². The fourth-order valence-corrected chi connectivity index (χ4v) is 3.02. The summed E-state index contributed by atoms with van der Waals surface area (Å²) in [4.78, 5) is 12.2. The van der Waals surface area contributed by atoms with E-state index in [2.05, 4.69) is 5.32 Å². The zero-order valence-corrected chi connectivity index (χ0v) is 11.9. The maximum absolute atomic E-state index is 12.2. The first kappa shape index (κ1) is 12.8. The molecule has 2 aromatic rings. The first-order chi connectivity index (χ1) is 9.09.